The highest BCUT2D eigenvalue weighted by atomic mass is 16.5. The van der Waals surface area contributed by atoms with E-state index in [2.05, 4.69) is 20.8 Å². The second-order valence-corrected chi connectivity index (χ2v) is 5.99. The molecule has 0 spiro atoms. The first-order valence-electron chi connectivity index (χ1n) is 6.40. The normalized spacial score (nSPS) is 20.4. The van der Waals surface area contributed by atoms with E-state index in [0.717, 1.165) is 25.9 Å². The number of ether oxygens (including phenoxy) is 1. The van der Waals surface area contributed by atoms with Gasteiger partial charge in [-0.1, -0.05) is 20.8 Å². The van der Waals surface area contributed by atoms with Crippen LogP contribution in [0, 0.1) is 5.41 Å². The quantitative estimate of drug-likeness (QED) is 0.813. The van der Waals surface area contributed by atoms with Gasteiger partial charge in [0.15, 0.2) is 0 Å². The van der Waals surface area contributed by atoms with Gasteiger partial charge in [-0.3, -0.25) is 4.79 Å². The van der Waals surface area contributed by atoms with Crippen LogP contribution in [-0.4, -0.2) is 43.2 Å². The Labute approximate surface area is 104 Å². The summed E-state index contributed by atoms with van der Waals surface area (Å²) in [4.78, 5) is 14.0. The van der Waals surface area contributed by atoms with Crippen molar-refractivity contribution in [2.24, 2.45) is 11.1 Å². The van der Waals surface area contributed by atoms with Gasteiger partial charge in [-0.2, -0.15) is 0 Å². The molecular weight excluding hydrogens is 216 g/mol. The number of nitrogens with two attached hydrogens (primary N) is 1. The molecule has 1 saturated heterocycles. The van der Waals surface area contributed by atoms with Crippen LogP contribution in [-0.2, 0) is 9.53 Å². The topological polar surface area (TPSA) is 55.6 Å². The molecule has 0 radical (unpaired) electrons. The van der Waals surface area contributed by atoms with Crippen LogP contribution in [0.4, 0.5) is 0 Å². The van der Waals surface area contributed by atoms with Crippen LogP contribution >= 0.6 is 0 Å². The van der Waals surface area contributed by atoms with E-state index in [0.29, 0.717) is 12.5 Å². The Morgan fingerprint density at radius 3 is 2.35 bits per heavy atom. The lowest BCUT2D eigenvalue weighted by Crippen LogP contribution is -2.45. The van der Waals surface area contributed by atoms with Crippen molar-refractivity contribution in [3.8, 4) is 0 Å². The van der Waals surface area contributed by atoms with E-state index in [1.807, 2.05) is 4.90 Å². The number of nitrogens with zero attached hydrogens (tertiary/aromatic N) is 1. The van der Waals surface area contributed by atoms with Crippen molar-refractivity contribution < 1.29 is 9.53 Å². The van der Waals surface area contributed by atoms with Crippen LogP contribution in [0.1, 0.15) is 40.0 Å². The van der Waals surface area contributed by atoms with E-state index in [9.17, 15) is 4.79 Å². The Bertz CT molecular complexity index is 253. The molecule has 1 rings (SSSR count). The van der Waals surface area contributed by atoms with Crippen molar-refractivity contribution in [3.63, 3.8) is 0 Å². The third-order valence-corrected chi connectivity index (χ3v) is 3.63. The third-order valence-electron chi connectivity index (χ3n) is 3.63. The van der Waals surface area contributed by atoms with E-state index in [-0.39, 0.29) is 17.4 Å². The summed E-state index contributed by atoms with van der Waals surface area (Å²) in [5, 5.41) is 0. The molecular formula is C13H26N2O2. The molecule has 0 saturated carbocycles. The maximum Gasteiger partial charge on any atom is 0.224 e. The molecule has 1 atom stereocenters. The highest BCUT2D eigenvalue weighted by Crippen LogP contribution is 2.21. The van der Waals surface area contributed by atoms with Gasteiger partial charge in [0.2, 0.25) is 5.91 Å². The first kappa shape index (κ1) is 14.5. The minimum atomic E-state index is -0.0739. The van der Waals surface area contributed by atoms with Crippen molar-refractivity contribution >= 4 is 5.91 Å². The predicted molar refractivity (Wildman–Crippen MR) is 68.7 cm³/mol. The molecule has 100 valence electrons. The Balaban J connectivity index is 2.39. The molecule has 1 unspecified atom stereocenters. The molecule has 1 heterocycles. The lowest BCUT2D eigenvalue weighted by atomic mass is 9.85. The molecule has 17 heavy (non-hydrogen) atoms. The van der Waals surface area contributed by atoms with Crippen LogP contribution in [0.5, 0.6) is 0 Å². The SMILES string of the molecule is COC1CCN(C(=O)CC(N)C(C)(C)C)CC1. The Kier molecular flexibility index (Phi) is 4.95. The zero-order valence-electron chi connectivity index (χ0n) is 11.5. The van der Waals surface area contributed by atoms with Gasteiger partial charge in [-0.05, 0) is 18.3 Å². The van der Waals surface area contributed by atoms with Crippen molar-refractivity contribution in [3.05, 3.63) is 0 Å². The number of likely N-dealkylation sites (tertiary alicyclic amines) is 1. The largest absolute Gasteiger partial charge is 0.381 e. The molecule has 1 amide bonds. The summed E-state index contributed by atoms with van der Waals surface area (Å²) in [6.45, 7) is 7.81. The van der Waals surface area contributed by atoms with Gasteiger partial charge in [-0.25, -0.2) is 0 Å². The fraction of sp³-hybridized carbons (Fsp3) is 0.923. The smallest absolute Gasteiger partial charge is 0.224 e. The fourth-order valence-corrected chi connectivity index (χ4v) is 1.96. The zero-order valence-corrected chi connectivity index (χ0v) is 11.5. The second-order valence-electron chi connectivity index (χ2n) is 5.99. The maximum atomic E-state index is 12.1. The molecule has 0 aliphatic carbocycles. The van der Waals surface area contributed by atoms with Gasteiger partial charge in [0.05, 0.1) is 6.10 Å². The van der Waals surface area contributed by atoms with Crippen LogP contribution in [0.15, 0.2) is 0 Å². The summed E-state index contributed by atoms with van der Waals surface area (Å²) >= 11 is 0. The predicted octanol–water partition coefficient (Wildman–Crippen LogP) is 1.39. The van der Waals surface area contributed by atoms with Gasteiger partial charge in [-0.15, -0.1) is 0 Å². The number of hydrogen-bond donors (Lipinski definition) is 1. The molecule has 4 nitrogen and oxygen atoms in total. The minimum Gasteiger partial charge on any atom is -0.381 e. The lowest BCUT2D eigenvalue weighted by Gasteiger charge is -2.34. The molecule has 0 aromatic rings. The fourth-order valence-electron chi connectivity index (χ4n) is 1.96. The molecule has 4 heteroatoms. The number of carbonyl (C=O) groups excluding carboxylic acids is 1. The van der Waals surface area contributed by atoms with Crippen LogP contribution in [0.25, 0.3) is 0 Å². The molecule has 1 aliphatic rings. The standard InChI is InChI=1S/C13H26N2O2/c1-13(2,3)11(14)9-12(16)15-7-5-10(17-4)6-8-15/h10-11H,5-9,14H2,1-4H3. The molecule has 1 aliphatic heterocycles. The Hall–Kier alpha value is -0.610. The summed E-state index contributed by atoms with van der Waals surface area (Å²) in [6, 6.07) is -0.0739. The van der Waals surface area contributed by atoms with Gasteiger partial charge in [0, 0.05) is 32.7 Å². The number of carbonyl (C=O) groups is 1. The second kappa shape index (κ2) is 5.83. The number of methoxy groups -OCH3 is 1. The zero-order chi connectivity index (χ0) is 13.1. The molecule has 0 aromatic heterocycles. The number of piperidine rings is 1. The van der Waals surface area contributed by atoms with E-state index in [4.69, 9.17) is 10.5 Å². The van der Waals surface area contributed by atoms with E-state index in [1.165, 1.54) is 0 Å². The van der Waals surface area contributed by atoms with Gasteiger partial charge in [0.25, 0.3) is 0 Å². The average Bonchev–Trinajstić information content (AvgIpc) is 2.27. The minimum absolute atomic E-state index is 0.0134. The first-order valence-corrected chi connectivity index (χ1v) is 6.40. The first-order chi connectivity index (χ1) is 7.84. The highest BCUT2D eigenvalue weighted by Gasteiger charge is 2.27. The van der Waals surface area contributed by atoms with Gasteiger partial charge < -0.3 is 15.4 Å². The summed E-state index contributed by atoms with van der Waals surface area (Å²) in [5.74, 6) is 0.182. The van der Waals surface area contributed by atoms with Gasteiger partial charge >= 0.3 is 0 Å². The number of rotatable bonds is 3. The van der Waals surface area contributed by atoms with E-state index < -0.39 is 0 Å². The molecule has 0 aromatic carbocycles. The Morgan fingerprint density at radius 2 is 1.94 bits per heavy atom. The lowest BCUT2D eigenvalue weighted by molar-refractivity contribution is -0.134. The monoisotopic (exact) mass is 242 g/mol. The van der Waals surface area contributed by atoms with Crippen molar-refractivity contribution in [1.29, 1.82) is 0 Å². The van der Waals surface area contributed by atoms with Crippen LogP contribution in [0.3, 0.4) is 0 Å². The van der Waals surface area contributed by atoms with Gasteiger partial charge in [0.1, 0.15) is 0 Å². The summed E-state index contributed by atoms with van der Waals surface area (Å²) in [7, 11) is 1.73. The molecule has 1 fully saturated rings. The van der Waals surface area contributed by atoms with Crippen LogP contribution < -0.4 is 5.73 Å². The molecule has 0 bridgehead atoms. The van der Waals surface area contributed by atoms with Crippen molar-refractivity contribution in [2.75, 3.05) is 20.2 Å². The number of amides is 1. The van der Waals surface area contributed by atoms with Crippen molar-refractivity contribution in [1.82, 2.24) is 4.90 Å². The van der Waals surface area contributed by atoms with E-state index >= 15 is 0 Å². The third kappa shape index (κ3) is 4.28. The maximum absolute atomic E-state index is 12.1. The highest BCUT2D eigenvalue weighted by molar-refractivity contribution is 5.77. The van der Waals surface area contributed by atoms with Crippen molar-refractivity contribution in [2.45, 2.75) is 52.2 Å². The van der Waals surface area contributed by atoms with E-state index in [1.54, 1.807) is 7.11 Å². The molecule has 2 N–H and O–H groups in total. The Morgan fingerprint density at radius 1 is 1.41 bits per heavy atom. The van der Waals surface area contributed by atoms with Crippen LogP contribution in [0.2, 0.25) is 0 Å². The number of hydrogen-bond acceptors (Lipinski definition) is 3. The average molecular weight is 242 g/mol. The summed E-state index contributed by atoms with van der Waals surface area (Å²) in [6.07, 6.45) is 2.64. The summed E-state index contributed by atoms with van der Waals surface area (Å²) in [5.41, 5.74) is 6.03. The summed E-state index contributed by atoms with van der Waals surface area (Å²) < 4.78 is 5.29.